The van der Waals surface area contributed by atoms with E-state index in [2.05, 4.69) is 17.2 Å². The van der Waals surface area contributed by atoms with Gasteiger partial charge in [-0.3, -0.25) is 0 Å². The predicted molar refractivity (Wildman–Crippen MR) is 85.0 cm³/mol. The Morgan fingerprint density at radius 1 is 1.29 bits per heavy atom. The molecule has 0 spiro atoms. The van der Waals surface area contributed by atoms with Gasteiger partial charge in [-0.1, -0.05) is 24.6 Å². The third-order valence-electron chi connectivity index (χ3n) is 3.55. The summed E-state index contributed by atoms with van der Waals surface area (Å²) in [5.74, 6) is 1.39. The zero-order valence-electron chi connectivity index (χ0n) is 12.1. The highest BCUT2D eigenvalue weighted by Gasteiger charge is 2.20. The number of hydrogen-bond donors (Lipinski definition) is 1. The van der Waals surface area contributed by atoms with Gasteiger partial charge in [0.25, 0.3) is 0 Å². The Balaban J connectivity index is 1.70. The van der Waals surface area contributed by atoms with E-state index in [0.717, 1.165) is 35.0 Å². The fraction of sp³-hybridized carbons (Fsp3) is 0.353. The van der Waals surface area contributed by atoms with Crippen LogP contribution in [0.3, 0.4) is 0 Å². The number of rotatable bonds is 6. The first kappa shape index (κ1) is 14.4. The zero-order valence-corrected chi connectivity index (χ0v) is 12.9. The molecule has 1 aliphatic carbocycles. The predicted octanol–water partition coefficient (Wildman–Crippen LogP) is 4.34. The summed E-state index contributed by atoms with van der Waals surface area (Å²) in [6.45, 7) is 2.87. The van der Waals surface area contributed by atoms with Gasteiger partial charge in [0.05, 0.1) is 5.69 Å². The smallest absolute Gasteiger partial charge is 0.219 e. The summed E-state index contributed by atoms with van der Waals surface area (Å²) < 4.78 is 5.84. The van der Waals surface area contributed by atoms with Crippen LogP contribution in [0.4, 0.5) is 0 Å². The first-order chi connectivity index (χ1) is 10.2. The van der Waals surface area contributed by atoms with E-state index in [1.807, 2.05) is 36.4 Å². The quantitative estimate of drug-likeness (QED) is 0.862. The Morgan fingerprint density at radius 3 is 2.90 bits per heavy atom. The van der Waals surface area contributed by atoms with Gasteiger partial charge in [-0.15, -0.1) is 0 Å². The van der Waals surface area contributed by atoms with Gasteiger partial charge in [-0.05, 0) is 49.1 Å². The second-order valence-corrected chi connectivity index (χ2v) is 5.74. The average Bonchev–Trinajstić information content (AvgIpc) is 3.32. The molecular weight excluding hydrogens is 284 g/mol. The van der Waals surface area contributed by atoms with E-state index in [1.165, 1.54) is 12.8 Å². The number of nitrogens with one attached hydrogen (secondary N) is 1. The van der Waals surface area contributed by atoms with E-state index in [1.54, 1.807) is 0 Å². The van der Waals surface area contributed by atoms with Crippen LogP contribution in [0.1, 0.15) is 31.0 Å². The molecule has 110 valence electrons. The third kappa shape index (κ3) is 3.96. The molecule has 1 heterocycles. The molecular formula is C17H19ClN2O. The molecule has 0 bridgehead atoms. The number of aryl methyl sites for hydroxylation is 1. The molecule has 1 fully saturated rings. The highest BCUT2D eigenvalue weighted by molar-refractivity contribution is 6.31. The van der Waals surface area contributed by atoms with E-state index in [0.29, 0.717) is 11.9 Å². The maximum atomic E-state index is 6.12. The van der Waals surface area contributed by atoms with Crippen molar-refractivity contribution in [2.75, 3.05) is 0 Å². The lowest BCUT2D eigenvalue weighted by Gasteiger charge is -2.09. The molecule has 0 amide bonds. The van der Waals surface area contributed by atoms with Crippen LogP contribution in [0.15, 0.2) is 36.4 Å². The highest BCUT2D eigenvalue weighted by atomic mass is 35.5. The number of ether oxygens (including phenoxy) is 1. The Hall–Kier alpha value is -1.58. The molecule has 1 saturated carbocycles. The van der Waals surface area contributed by atoms with Crippen molar-refractivity contribution >= 4 is 11.6 Å². The van der Waals surface area contributed by atoms with E-state index < -0.39 is 0 Å². The summed E-state index contributed by atoms with van der Waals surface area (Å²) in [4.78, 5) is 4.53. The van der Waals surface area contributed by atoms with E-state index >= 15 is 0 Å². The van der Waals surface area contributed by atoms with Gasteiger partial charge >= 0.3 is 0 Å². The molecule has 0 atom stereocenters. The van der Waals surface area contributed by atoms with Crippen molar-refractivity contribution in [3.63, 3.8) is 0 Å². The minimum absolute atomic E-state index is 0.620. The fourth-order valence-electron chi connectivity index (χ4n) is 2.16. The number of hydrogen-bond acceptors (Lipinski definition) is 3. The molecule has 3 nitrogen and oxygen atoms in total. The zero-order chi connectivity index (χ0) is 14.7. The van der Waals surface area contributed by atoms with Crippen molar-refractivity contribution in [1.82, 2.24) is 10.3 Å². The van der Waals surface area contributed by atoms with Crippen molar-refractivity contribution in [3.8, 4) is 11.6 Å². The molecule has 0 aliphatic heterocycles. The Kier molecular flexibility index (Phi) is 4.42. The molecule has 1 aliphatic rings. The summed E-state index contributed by atoms with van der Waals surface area (Å²) in [7, 11) is 0. The first-order valence-electron chi connectivity index (χ1n) is 7.40. The molecule has 3 rings (SSSR count). The Labute approximate surface area is 130 Å². The fourth-order valence-corrected chi connectivity index (χ4v) is 2.41. The molecule has 21 heavy (non-hydrogen) atoms. The lowest BCUT2D eigenvalue weighted by molar-refractivity contribution is 0.459. The van der Waals surface area contributed by atoms with Gasteiger partial charge in [0, 0.05) is 23.7 Å². The molecule has 0 radical (unpaired) electrons. The molecule has 1 aromatic heterocycles. The minimum atomic E-state index is 0.620. The number of nitrogens with zero attached hydrogens (tertiary/aromatic N) is 1. The van der Waals surface area contributed by atoms with Gasteiger partial charge in [-0.25, -0.2) is 4.98 Å². The van der Waals surface area contributed by atoms with Crippen molar-refractivity contribution in [2.45, 2.75) is 38.8 Å². The summed E-state index contributed by atoms with van der Waals surface area (Å²) in [5.41, 5.74) is 2.09. The van der Waals surface area contributed by atoms with Gasteiger partial charge in [0.15, 0.2) is 0 Å². The number of halogens is 1. The van der Waals surface area contributed by atoms with Crippen LogP contribution in [0, 0.1) is 0 Å². The second-order valence-electron chi connectivity index (χ2n) is 5.33. The lowest BCUT2D eigenvalue weighted by Crippen LogP contribution is -2.16. The van der Waals surface area contributed by atoms with Crippen LogP contribution in [-0.2, 0) is 13.0 Å². The van der Waals surface area contributed by atoms with Crippen LogP contribution < -0.4 is 10.1 Å². The van der Waals surface area contributed by atoms with Crippen LogP contribution in [0.25, 0.3) is 0 Å². The molecule has 1 aromatic carbocycles. The monoisotopic (exact) mass is 302 g/mol. The van der Waals surface area contributed by atoms with Gasteiger partial charge in [-0.2, -0.15) is 0 Å². The van der Waals surface area contributed by atoms with E-state index in [-0.39, 0.29) is 0 Å². The second kappa shape index (κ2) is 6.46. The standard InChI is InChI=1S/C17H19ClN2O/c1-2-12-10-15(8-9-16(12)18)21-17-5-3-4-14(20-17)11-19-13-6-7-13/h3-5,8-10,13,19H,2,6-7,11H2,1H3. The average molecular weight is 303 g/mol. The summed E-state index contributed by atoms with van der Waals surface area (Å²) in [6, 6.07) is 12.3. The van der Waals surface area contributed by atoms with Crippen LogP contribution in [-0.4, -0.2) is 11.0 Å². The van der Waals surface area contributed by atoms with Crippen LogP contribution in [0.5, 0.6) is 11.6 Å². The van der Waals surface area contributed by atoms with Gasteiger partial charge in [0.1, 0.15) is 5.75 Å². The highest BCUT2D eigenvalue weighted by Crippen LogP contribution is 2.26. The van der Waals surface area contributed by atoms with E-state index in [9.17, 15) is 0 Å². The minimum Gasteiger partial charge on any atom is -0.439 e. The largest absolute Gasteiger partial charge is 0.439 e. The summed E-state index contributed by atoms with van der Waals surface area (Å²) in [5, 5.41) is 4.23. The summed E-state index contributed by atoms with van der Waals surface area (Å²) in [6.07, 6.45) is 3.44. The normalized spacial score (nSPS) is 14.2. The van der Waals surface area contributed by atoms with Crippen molar-refractivity contribution in [1.29, 1.82) is 0 Å². The van der Waals surface area contributed by atoms with Crippen molar-refractivity contribution in [2.24, 2.45) is 0 Å². The Bertz CT molecular complexity index is 626. The van der Waals surface area contributed by atoms with E-state index in [4.69, 9.17) is 16.3 Å². The maximum Gasteiger partial charge on any atom is 0.219 e. The molecule has 2 aromatic rings. The van der Waals surface area contributed by atoms with Gasteiger partial charge in [0.2, 0.25) is 5.88 Å². The third-order valence-corrected chi connectivity index (χ3v) is 3.92. The molecule has 1 N–H and O–H groups in total. The number of benzene rings is 1. The SMILES string of the molecule is CCc1cc(Oc2cccc(CNC3CC3)n2)ccc1Cl. The van der Waals surface area contributed by atoms with Crippen LogP contribution in [0.2, 0.25) is 5.02 Å². The topological polar surface area (TPSA) is 34.1 Å². The Morgan fingerprint density at radius 2 is 2.14 bits per heavy atom. The van der Waals surface area contributed by atoms with Crippen molar-refractivity contribution in [3.05, 3.63) is 52.7 Å². The number of pyridine rings is 1. The summed E-state index contributed by atoms with van der Waals surface area (Å²) >= 11 is 6.12. The van der Waals surface area contributed by atoms with Gasteiger partial charge < -0.3 is 10.1 Å². The number of aromatic nitrogens is 1. The van der Waals surface area contributed by atoms with Crippen LogP contribution >= 0.6 is 11.6 Å². The molecule has 0 unspecified atom stereocenters. The van der Waals surface area contributed by atoms with Crippen molar-refractivity contribution < 1.29 is 4.74 Å². The first-order valence-corrected chi connectivity index (χ1v) is 7.78. The molecule has 4 heteroatoms. The molecule has 0 saturated heterocycles. The lowest BCUT2D eigenvalue weighted by atomic mass is 10.1. The maximum absolute atomic E-state index is 6.12.